The van der Waals surface area contributed by atoms with E-state index < -0.39 is 25.8 Å². The summed E-state index contributed by atoms with van der Waals surface area (Å²) < 4.78 is 59.3. The van der Waals surface area contributed by atoms with E-state index in [0.29, 0.717) is 29.2 Å². The molecule has 1 aromatic heterocycles. The summed E-state index contributed by atoms with van der Waals surface area (Å²) in [6, 6.07) is 10.6. The molecule has 0 aliphatic carbocycles. The van der Waals surface area contributed by atoms with Crippen molar-refractivity contribution in [3.63, 3.8) is 0 Å². The number of hydrogen-bond acceptors (Lipinski definition) is 7. The second-order valence-electron chi connectivity index (χ2n) is 8.83. The van der Waals surface area contributed by atoms with Crippen LogP contribution in [0.3, 0.4) is 0 Å². The van der Waals surface area contributed by atoms with Crippen molar-refractivity contribution in [2.45, 2.75) is 48.6 Å². The highest BCUT2D eigenvalue weighted by atomic mass is 32.2. The number of nitrogens with zero attached hydrogens (tertiary/aromatic N) is 3. The smallest absolute Gasteiger partial charge is 0.279 e. The van der Waals surface area contributed by atoms with Crippen LogP contribution < -0.4 is 4.80 Å². The minimum atomic E-state index is -3.64. The Balaban J connectivity index is 1.68. The van der Waals surface area contributed by atoms with E-state index in [1.54, 1.807) is 19.2 Å². The molecule has 0 spiro atoms. The molecule has 0 bridgehead atoms. The molecule has 1 aliphatic heterocycles. The zero-order chi connectivity index (χ0) is 26.1. The van der Waals surface area contributed by atoms with Gasteiger partial charge in [-0.1, -0.05) is 17.8 Å². The third-order valence-electron chi connectivity index (χ3n) is 6.25. The van der Waals surface area contributed by atoms with Gasteiger partial charge in [0, 0.05) is 38.1 Å². The molecule has 1 saturated heterocycles. The number of methoxy groups -OCH3 is 1. The summed E-state index contributed by atoms with van der Waals surface area (Å²) in [5.41, 5.74) is 1.00. The van der Waals surface area contributed by atoms with Crippen LogP contribution in [0.1, 0.15) is 36.5 Å². The standard InChI is InChI=1S/C24H29N3O6S3/c1-17-6-4-5-13-27(17)36(31,32)19-9-7-18(8-10-19)23(28)25-24-26(14-15-33-2)21-12-11-20(35(3,29)30)16-22(21)34-24/h7-12,16-17H,4-6,13-15H2,1-3H3. The largest absolute Gasteiger partial charge is 0.383 e. The van der Waals surface area contributed by atoms with E-state index in [4.69, 9.17) is 4.74 Å². The lowest BCUT2D eigenvalue weighted by atomic mass is 10.1. The summed E-state index contributed by atoms with van der Waals surface area (Å²) in [6.07, 6.45) is 3.83. The number of aromatic nitrogens is 1. The topological polar surface area (TPSA) is 115 Å². The van der Waals surface area contributed by atoms with E-state index in [1.807, 2.05) is 11.5 Å². The molecule has 1 aliphatic rings. The molecular formula is C24H29N3O6S3. The van der Waals surface area contributed by atoms with Gasteiger partial charge in [-0.15, -0.1) is 0 Å². The maximum Gasteiger partial charge on any atom is 0.279 e. The van der Waals surface area contributed by atoms with E-state index in [9.17, 15) is 21.6 Å². The zero-order valence-electron chi connectivity index (χ0n) is 20.4. The summed E-state index contributed by atoms with van der Waals surface area (Å²) in [6.45, 7) is 3.21. The van der Waals surface area contributed by atoms with Crippen molar-refractivity contribution >= 4 is 47.3 Å². The normalized spacial score (nSPS) is 18.1. The quantitative estimate of drug-likeness (QED) is 0.446. The number of thiazole rings is 1. The second kappa shape index (κ2) is 10.5. The molecule has 9 nitrogen and oxygen atoms in total. The van der Waals surface area contributed by atoms with Crippen molar-refractivity contribution in [3.8, 4) is 0 Å². The van der Waals surface area contributed by atoms with Gasteiger partial charge in [-0.2, -0.15) is 9.30 Å². The van der Waals surface area contributed by atoms with E-state index in [-0.39, 0.29) is 21.4 Å². The number of benzene rings is 2. The Morgan fingerprint density at radius 3 is 2.42 bits per heavy atom. The number of amides is 1. The second-order valence-corrected chi connectivity index (χ2v) is 13.7. The SMILES string of the molecule is COCCn1c(=NC(=O)c2ccc(S(=O)(=O)N3CCCCC3C)cc2)sc2cc(S(C)(=O)=O)ccc21. The van der Waals surface area contributed by atoms with E-state index in [0.717, 1.165) is 31.0 Å². The van der Waals surface area contributed by atoms with Crippen molar-refractivity contribution in [2.75, 3.05) is 26.5 Å². The fourth-order valence-electron chi connectivity index (χ4n) is 4.25. The molecular weight excluding hydrogens is 522 g/mol. The monoisotopic (exact) mass is 551 g/mol. The Labute approximate surface area is 215 Å². The molecule has 0 saturated carbocycles. The number of hydrogen-bond donors (Lipinski definition) is 0. The third kappa shape index (κ3) is 5.47. The van der Waals surface area contributed by atoms with Gasteiger partial charge in [0.1, 0.15) is 0 Å². The average Bonchev–Trinajstić information content (AvgIpc) is 3.18. The molecule has 1 amide bonds. The number of fused-ring (bicyclic) bond motifs is 1. The van der Waals surface area contributed by atoms with Gasteiger partial charge >= 0.3 is 0 Å². The van der Waals surface area contributed by atoms with Crippen LogP contribution in [0.15, 0.2) is 57.2 Å². The maximum atomic E-state index is 13.1. The average molecular weight is 552 g/mol. The van der Waals surface area contributed by atoms with Gasteiger partial charge in [-0.25, -0.2) is 16.8 Å². The highest BCUT2D eigenvalue weighted by Crippen LogP contribution is 2.26. The van der Waals surface area contributed by atoms with Crippen LogP contribution in [0, 0.1) is 0 Å². The van der Waals surface area contributed by atoms with Crippen molar-refractivity contribution in [1.29, 1.82) is 0 Å². The van der Waals surface area contributed by atoms with E-state index >= 15 is 0 Å². The van der Waals surface area contributed by atoms with Gasteiger partial charge in [0.2, 0.25) is 10.0 Å². The summed E-state index contributed by atoms with van der Waals surface area (Å²) in [4.78, 5) is 18.0. The van der Waals surface area contributed by atoms with Gasteiger partial charge in [0.25, 0.3) is 5.91 Å². The highest BCUT2D eigenvalue weighted by Gasteiger charge is 2.31. The molecule has 2 aromatic carbocycles. The fraction of sp³-hybridized carbons (Fsp3) is 0.417. The third-order valence-corrected chi connectivity index (χ3v) is 10.4. The van der Waals surface area contributed by atoms with Gasteiger partial charge in [0.05, 0.1) is 26.6 Å². The number of ether oxygens (including phenoxy) is 1. The fourth-order valence-corrected chi connectivity index (χ4v) is 7.77. The molecule has 0 N–H and O–H groups in total. The van der Waals surface area contributed by atoms with Crippen molar-refractivity contribution < 1.29 is 26.4 Å². The number of carbonyl (C=O) groups is 1. The van der Waals surface area contributed by atoms with Crippen molar-refractivity contribution in [1.82, 2.24) is 8.87 Å². The first-order chi connectivity index (χ1) is 17.0. The van der Waals surface area contributed by atoms with Gasteiger partial charge in [-0.3, -0.25) is 4.79 Å². The van der Waals surface area contributed by atoms with Crippen LogP contribution in [-0.4, -0.2) is 64.2 Å². The lowest BCUT2D eigenvalue weighted by molar-refractivity contribution is 0.0997. The number of sulfone groups is 1. The molecule has 2 heterocycles. The Bertz CT molecular complexity index is 1550. The molecule has 0 radical (unpaired) electrons. The number of carbonyl (C=O) groups excluding carboxylic acids is 1. The lowest BCUT2D eigenvalue weighted by Crippen LogP contribution is -2.41. The molecule has 1 fully saturated rings. The van der Waals surface area contributed by atoms with Crippen LogP contribution in [-0.2, 0) is 31.1 Å². The van der Waals surface area contributed by atoms with Crippen molar-refractivity contribution in [3.05, 3.63) is 52.8 Å². The molecule has 1 unspecified atom stereocenters. The predicted molar refractivity (Wildman–Crippen MR) is 138 cm³/mol. The highest BCUT2D eigenvalue weighted by molar-refractivity contribution is 7.90. The predicted octanol–water partition coefficient (Wildman–Crippen LogP) is 3.06. The minimum absolute atomic E-state index is 0.0567. The Morgan fingerprint density at radius 1 is 1.08 bits per heavy atom. The molecule has 4 rings (SSSR count). The molecule has 1 atom stereocenters. The molecule has 12 heteroatoms. The number of piperidine rings is 1. The van der Waals surface area contributed by atoms with Crippen LogP contribution in [0.2, 0.25) is 0 Å². The van der Waals surface area contributed by atoms with Crippen LogP contribution in [0.4, 0.5) is 0 Å². The maximum absolute atomic E-state index is 13.1. The van der Waals surface area contributed by atoms with Crippen LogP contribution >= 0.6 is 11.3 Å². The van der Waals surface area contributed by atoms with Gasteiger partial charge in [-0.05, 0) is 62.2 Å². The van der Waals surface area contributed by atoms with E-state index in [2.05, 4.69) is 4.99 Å². The summed E-state index contributed by atoms with van der Waals surface area (Å²) >= 11 is 1.21. The minimum Gasteiger partial charge on any atom is -0.383 e. The number of sulfonamides is 1. The summed E-state index contributed by atoms with van der Waals surface area (Å²) in [5.74, 6) is -0.522. The lowest BCUT2D eigenvalue weighted by Gasteiger charge is -2.32. The van der Waals surface area contributed by atoms with Crippen molar-refractivity contribution in [2.24, 2.45) is 4.99 Å². The Hall–Kier alpha value is -2.38. The summed E-state index contributed by atoms with van der Waals surface area (Å²) in [7, 11) is -5.45. The summed E-state index contributed by atoms with van der Waals surface area (Å²) in [5, 5.41) is 0. The first kappa shape index (κ1) is 26.7. The van der Waals surface area contributed by atoms with Crippen LogP contribution in [0.25, 0.3) is 10.2 Å². The Kier molecular flexibility index (Phi) is 7.81. The Morgan fingerprint density at radius 2 is 1.78 bits per heavy atom. The molecule has 3 aromatic rings. The van der Waals surface area contributed by atoms with E-state index in [1.165, 1.54) is 46.0 Å². The first-order valence-corrected chi connectivity index (χ1v) is 15.7. The zero-order valence-corrected chi connectivity index (χ0v) is 22.8. The molecule has 194 valence electrons. The first-order valence-electron chi connectivity index (χ1n) is 11.6. The number of rotatable bonds is 7. The van der Waals surface area contributed by atoms with Crippen LogP contribution in [0.5, 0.6) is 0 Å². The molecule has 36 heavy (non-hydrogen) atoms. The van der Waals surface area contributed by atoms with Gasteiger partial charge < -0.3 is 9.30 Å². The van der Waals surface area contributed by atoms with Gasteiger partial charge in [0.15, 0.2) is 14.6 Å².